The second-order valence-corrected chi connectivity index (χ2v) is 8.96. The summed E-state index contributed by atoms with van der Waals surface area (Å²) in [5, 5.41) is 24.4. The van der Waals surface area contributed by atoms with Gasteiger partial charge in [0.2, 0.25) is 0 Å². The molecule has 186 valence electrons. The molecule has 1 fully saturated rings. The molecule has 11 nitrogen and oxygen atoms in total. The van der Waals surface area contributed by atoms with Gasteiger partial charge in [0.1, 0.15) is 17.9 Å². The quantitative estimate of drug-likeness (QED) is 0.254. The molecule has 3 N–H and O–H groups in total. The number of Topliss-reactive ketones (excluding diaryl/α,β-unsaturated/α-hetero) is 1. The number of unbranched alkanes of at least 4 members (excludes halogenated alkanes) is 1. The molecular formula is C23H30BN5O6. The van der Waals surface area contributed by atoms with Gasteiger partial charge in [0.25, 0.3) is 5.91 Å². The van der Waals surface area contributed by atoms with Crippen molar-refractivity contribution in [3.8, 4) is 5.75 Å². The predicted molar refractivity (Wildman–Crippen MR) is 126 cm³/mol. The van der Waals surface area contributed by atoms with Crippen molar-refractivity contribution in [1.82, 2.24) is 25.6 Å². The molecule has 1 aromatic carbocycles. The van der Waals surface area contributed by atoms with E-state index in [4.69, 9.17) is 9.39 Å². The summed E-state index contributed by atoms with van der Waals surface area (Å²) in [5.74, 6) is -1.19. The van der Waals surface area contributed by atoms with Gasteiger partial charge in [0, 0.05) is 24.8 Å². The Kier molecular flexibility index (Phi) is 8.14. The fraction of sp³-hybridized carbons (Fsp3) is 0.522. The normalized spacial score (nSPS) is 19.1. The Bertz CT molecular complexity index is 1070. The lowest BCUT2D eigenvalue weighted by Gasteiger charge is -2.28. The second kappa shape index (κ2) is 11.5. The molecule has 2 aliphatic rings. The zero-order chi connectivity index (χ0) is 24.8. The van der Waals surface area contributed by atoms with Gasteiger partial charge < -0.3 is 25.0 Å². The van der Waals surface area contributed by atoms with Crippen molar-refractivity contribution >= 4 is 24.8 Å². The number of nitrogens with zero attached hydrogens (tertiary/aromatic N) is 3. The zero-order valence-corrected chi connectivity index (χ0v) is 19.7. The van der Waals surface area contributed by atoms with Crippen LogP contribution in [0.1, 0.15) is 59.0 Å². The number of amides is 1. The Morgan fingerprint density at radius 3 is 3.00 bits per heavy atom. The monoisotopic (exact) mass is 483 g/mol. The van der Waals surface area contributed by atoms with E-state index in [0.29, 0.717) is 18.8 Å². The molecular weight excluding hydrogens is 453 g/mol. The maximum Gasteiger partial charge on any atom is 0.526 e. The minimum absolute atomic E-state index is 0.0426. The third-order valence-electron chi connectivity index (χ3n) is 6.17. The molecule has 1 amide bonds. The fourth-order valence-electron chi connectivity index (χ4n) is 4.26. The number of rotatable bonds is 10. The van der Waals surface area contributed by atoms with Crippen LogP contribution in [0.15, 0.2) is 24.4 Å². The Morgan fingerprint density at radius 2 is 2.23 bits per heavy atom. The van der Waals surface area contributed by atoms with Gasteiger partial charge in [-0.05, 0) is 37.4 Å². The molecule has 0 aliphatic carbocycles. The van der Waals surface area contributed by atoms with Crippen molar-refractivity contribution < 1.29 is 28.8 Å². The molecule has 1 saturated heterocycles. The van der Waals surface area contributed by atoms with Crippen molar-refractivity contribution in [3.63, 3.8) is 0 Å². The van der Waals surface area contributed by atoms with Gasteiger partial charge in [-0.15, -0.1) is 5.10 Å². The fourth-order valence-corrected chi connectivity index (χ4v) is 4.26. The second-order valence-electron chi connectivity index (χ2n) is 8.96. The third kappa shape index (κ3) is 6.26. The lowest BCUT2D eigenvalue weighted by Crippen LogP contribution is -2.36. The summed E-state index contributed by atoms with van der Waals surface area (Å²) < 4.78 is 12.3. The Labute approximate surface area is 203 Å². The lowest BCUT2D eigenvalue weighted by molar-refractivity contribution is -0.120. The molecule has 2 aliphatic heterocycles. The molecule has 2 aromatic rings. The van der Waals surface area contributed by atoms with Crippen LogP contribution in [0, 0.1) is 0 Å². The molecule has 0 bridgehead atoms. The van der Waals surface area contributed by atoms with Crippen LogP contribution in [0.25, 0.3) is 0 Å². The van der Waals surface area contributed by atoms with E-state index in [2.05, 4.69) is 20.9 Å². The van der Waals surface area contributed by atoms with Gasteiger partial charge in [-0.1, -0.05) is 30.7 Å². The highest BCUT2D eigenvalue weighted by molar-refractivity contribution is 6.47. The first-order valence-electron chi connectivity index (χ1n) is 12.0. The van der Waals surface area contributed by atoms with Crippen molar-refractivity contribution in [2.45, 2.75) is 57.4 Å². The van der Waals surface area contributed by atoms with E-state index < -0.39 is 18.9 Å². The summed E-state index contributed by atoms with van der Waals surface area (Å²) in [5.41, 5.74) is 1.15. The van der Waals surface area contributed by atoms with Crippen LogP contribution in [-0.4, -0.2) is 70.5 Å². The average Bonchev–Trinajstić information content (AvgIpc) is 3.51. The highest BCUT2D eigenvalue weighted by atomic mass is 16.5. The van der Waals surface area contributed by atoms with Gasteiger partial charge >= 0.3 is 13.1 Å². The Morgan fingerprint density at radius 1 is 1.37 bits per heavy atom. The largest absolute Gasteiger partial charge is 0.535 e. The molecule has 4 rings (SSSR count). The Balaban J connectivity index is 1.33. The number of esters is 1. The van der Waals surface area contributed by atoms with Crippen LogP contribution < -0.4 is 15.3 Å². The molecule has 0 radical (unpaired) electrons. The van der Waals surface area contributed by atoms with E-state index in [9.17, 15) is 19.4 Å². The van der Waals surface area contributed by atoms with Crippen LogP contribution >= 0.6 is 0 Å². The number of ketones is 1. The van der Waals surface area contributed by atoms with E-state index in [1.807, 2.05) is 13.0 Å². The maximum absolute atomic E-state index is 12.7. The van der Waals surface area contributed by atoms with E-state index in [-0.39, 0.29) is 42.0 Å². The number of hydrogen-bond donors (Lipinski definition) is 3. The standard InChI is InChI=1S/C23H30BN5O6/c1-2-3-9-34-23(32)19-6-4-5-15-10-16(24(33)35-21(15)19)11-18(30)13-29-14-20(27-28-29)22(31)26-17-7-8-25-12-17/h4-6,14,16-17,25,33H,2-3,7-13H2,1H3,(H,26,31)/t16-,17+/m1/s1. The van der Waals surface area contributed by atoms with Crippen LogP contribution in [0.3, 0.4) is 0 Å². The summed E-state index contributed by atoms with van der Waals surface area (Å²) >= 11 is 0. The number of aromatic nitrogens is 3. The van der Waals surface area contributed by atoms with Crippen molar-refractivity contribution in [1.29, 1.82) is 0 Å². The molecule has 1 aromatic heterocycles. The summed E-state index contributed by atoms with van der Waals surface area (Å²) in [7, 11) is -1.24. The summed E-state index contributed by atoms with van der Waals surface area (Å²) in [6, 6.07) is 5.21. The van der Waals surface area contributed by atoms with Crippen LogP contribution in [0.5, 0.6) is 5.75 Å². The van der Waals surface area contributed by atoms with E-state index in [1.165, 1.54) is 10.9 Å². The summed E-state index contributed by atoms with van der Waals surface area (Å²) in [6.45, 7) is 3.83. The van der Waals surface area contributed by atoms with Gasteiger partial charge in [-0.2, -0.15) is 0 Å². The van der Waals surface area contributed by atoms with Crippen molar-refractivity contribution in [2.24, 2.45) is 0 Å². The van der Waals surface area contributed by atoms with E-state index in [0.717, 1.165) is 37.9 Å². The predicted octanol–water partition coefficient (Wildman–Crippen LogP) is 0.772. The van der Waals surface area contributed by atoms with Gasteiger partial charge in [-0.25, -0.2) is 9.48 Å². The number of para-hydroxylation sites is 1. The molecule has 3 heterocycles. The number of carbonyl (C=O) groups excluding carboxylic acids is 3. The molecule has 2 atom stereocenters. The smallest absolute Gasteiger partial charge is 0.526 e. The lowest BCUT2D eigenvalue weighted by atomic mass is 9.64. The first-order chi connectivity index (χ1) is 16.9. The van der Waals surface area contributed by atoms with Gasteiger partial charge in [0.15, 0.2) is 11.5 Å². The minimum Gasteiger partial charge on any atom is -0.535 e. The molecule has 0 spiro atoms. The highest BCUT2D eigenvalue weighted by Gasteiger charge is 2.38. The molecule has 12 heteroatoms. The number of fused-ring (bicyclic) bond motifs is 1. The van der Waals surface area contributed by atoms with Crippen LogP contribution in [-0.2, 0) is 22.5 Å². The number of ether oxygens (including phenoxy) is 1. The number of carbonyl (C=O) groups is 3. The highest BCUT2D eigenvalue weighted by Crippen LogP contribution is 2.36. The molecule has 0 unspecified atom stereocenters. The number of hydrogen-bond acceptors (Lipinski definition) is 9. The third-order valence-corrected chi connectivity index (χ3v) is 6.17. The maximum atomic E-state index is 12.7. The van der Waals surface area contributed by atoms with Crippen LogP contribution in [0.2, 0.25) is 5.82 Å². The summed E-state index contributed by atoms with van der Waals surface area (Å²) in [6.07, 6.45) is 4.39. The molecule has 35 heavy (non-hydrogen) atoms. The number of nitrogens with one attached hydrogen (secondary N) is 2. The zero-order valence-electron chi connectivity index (χ0n) is 19.7. The topological polar surface area (TPSA) is 145 Å². The summed E-state index contributed by atoms with van der Waals surface area (Å²) in [4.78, 5) is 37.4. The minimum atomic E-state index is -1.24. The van der Waals surface area contributed by atoms with E-state index in [1.54, 1.807) is 12.1 Å². The van der Waals surface area contributed by atoms with Crippen molar-refractivity contribution in [3.05, 3.63) is 41.2 Å². The van der Waals surface area contributed by atoms with Gasteiger partial charge in [-0.3, -0.25) is 9.59 Å². The van der Waals surface area contributed by atoms with E-state index >= 15 is 0 Å². The van der Waals surface area contributed by atoms with Crippen molar-refractivity contribution in [2.75, 3.05) is 19.7 Å². The van der Waals surface area contributed by atoms with Gasteiger partial charge in [0.05, 0.1) is 12.8 Å². The first-order valence-corrected chi connectivity index (χ1v) is 12.0. The Hall–Kier alpha value is -3.25. The van der Waals surface area contributed by atoms with Crippen LogP contribution in [0.4, 0.5) is 0 Å². The SMILES string of the molecule is CCCCOC(=O)c1cccc2c1OB(O)[C@@H](CC(=O)Cn1cc(C(=O)N[C@H]3CCNC3)nn1)C2. The number of benzene rings is 1. The average molecular weight is 483 g/mol. The molecule has 0 saturated carbocycles. The first kappa shape index (κ1) is 24.9.